The van der Waals surface area contributed by atoms with Crippen molar-refractivity contribution < 1.29 is 14.3 Å². The molecule has 0 fully saturated rings. The number of aromatic nitrogens is 1. The van der Waals surface area contributed by atoms with E-state index in [0.717, 1.165) is 20.9 Å². The Bertz CT molecular complexity index is 874. The van der Waals surface area contributed by atoms with Crippen LogP contribution in [0.15, 0.2) is 48.5 Å². The minimum absolute atomic E-state index is 0.148. The highest BCUT2D eigenvalue weighted by Crippen LogP contribution is 2.26. The van der Waals surface area contributed by atoms with Gasteiger partial charge in [-0.05, 0) is 30.3 Å². The first kappa shape index (κ1) is 16.1. The Kier molecular flexibility index (Phi) is 4.86. The third-order valence-corrected chi connectivity index (χ3v) is 4.58. The van der Waals surface area contributed by atoms with Crippen LogP contribution in [0.2, 0.25) is 0 Å². The maximum Gasteiger partial charge on any atom is 0.305 e. The summed E-state index contributed by atoms with van der Waals surface area (Å²) < 4.78 is 5.61. The molecule has 24 heavy (non-hydrogen) atoms. The third-order valence-electron chi connectivity index (χ3n) is 3.50. The number of carbonyl (C=O) groups excluding carboxylic acids is 2. The van der Waals surface area contributed by atoms with Crippen LogP contribution in [-0.4, -0.2) is 24.0 Å². The van der Waals surface area contributed by atoms with Crippen molar-refractivity contribution in [2.75, 3.05) is 12.4 Å². The quantitative estimate of drug-likeness (QED) is 0.720. The summed E-state index contributed by atoms with van der Waals surface area (Å²) in [5, 5.41) is 3.76. The van der Waals surface area contributed by atoms with Gasteiger partial charge >= 0.3 is 5.97 Å². The summed E-state index contributed by atoms with van der Waals surface area (Å²) in [5.41, 5.74) is 2.19. The lowest BCUT2D eigenvalue weighted by Gasteiger charge is -2.04. The van der Waals surface area contributed by atoms with Gasteiger partial charge in [-0.3, -0.25) is 9.59 Å². The van der Waals surface area contributed by atoms with Crippen LogP contribution in [0.25, 0.3) is 10.2 Å². The lowest BCUT2D eigenvalue weighted by Crippen LogP contribution is -2.11. The molecule has 0 unspecified atom stereocenters. The van der Waals surface area contributed by atoms with Gasteiger partial charge in [-0.1, -0.05) is 18.2 Å². The summed E-state index contributed by atoms with van der Waals surface area (Å²) in [4.78, 5) is 27.9. The molecule has 1 heterocycles. The molecule has 3 rings (SSSR count). The summed E-state index contributed by atoms with van der Waals surface area (Å²) in [6.07, 6.45) is 0.867. The molecule has 0 bridgehead atoms. The first-order chi connectivity index (χ1) is 11.7. The number of esters is 1. The fraction of sp³-hybridized carbons (Fsp3) is 0.167. The van der Waals surface area contributed by atoms with E-state index in [9.17, 15) is 9.59 Å². The van der Waals surface area contributed by atoms with Crippen molar-refractivity contribution >= 4 is 39.1 Å². The number of amides is 1. The summed E-state index contributed by atoms with van der Waals surface area (Å²) in [6, 6.07) is 14.7. The highest BCUT2D eigenvalue weighted by atomic mass is 32.1. The summed E-state index contributed by atoms with van der Waals surface area (Å²) in [7, 11) is 1.38. The minimum atomic E-state index is -0.245. The van der Waals surface area contributed by atoms with E-state index in [0.29, 0.717) is 18.4 Å². The van der Waals surface area contributed by atoms with Crippen molar-refractivity contribution in [2.45, 2.75) is 12.8 Å². The van der Waals surface area contributed by atoms with Crippen LogP contribution in [0.5, 0.6) is 0 Å². The van der Waals surface area contributed by atoms with E-state index in [1.54, 1.807) is 12.1 Å². The van der Waals surface area contributed by atoms with Crippen LogP contribution in [0, 0.1) is 0 Å². The maximum absolute atomic E-state index is 12.2. The molecule has 0 aliphatic carbocycles. The lowest BCUT2D eigenvalue weighted by atomic mass is 10.2. The lowest BCUT2D eigenvalue weighted by molar-refractivity contribution is -0.140. The number of benzene rings is 2. The van der Waals surface area contributed by atoms with Crippen molar-refractivity contribution in [1.82, 2.24) is 4.98 Å². The molecule has 6 heteroatoms. The smallest absolute Gasteiger partial charge is 0.305 e. The van der Waals surface area contributed by atoms with Gasteiger partial charge in [-0.2, -0.15) is 0 Å². The van der Waals surface area contributed by atoms with E-state index in [1.807, 2.05) is 36.4 Å². The molecule has 1 aromatic heterocycles. The topological polar surface area (TPSA) is 68.3 Å². The molecule has 0 aliphatic heterocycles. The van der Waals surface area contributed by atoms with Crippen molar-refractivity contribution in [2.24, 2.45) is 0 Å². The van der Waals surface area contributed by atoms with Crippen molar-refractivity contribution in [1.29, 1.82) is 0 Å². The Labute approximate surface area is 143 Å². The summed E-state index contributed by atoms with van der Waals surface area (Å²) >= 11 is 1.52. The number of hydrogen-bond donors (Lipinski definition) is 1. The number of ether oxygens (including phenoxy) is 1. The average molecular weight is 340 g/mol. The van der Waals surface area contributed by atoms with E-state index < -0.39 is 0 Å². The van der Waals surface area contributed by atoms with Crippen LogP contribution >= 0.6 is 11.3 Å². The van der Waals surface area contributed by atoms with E-state index in [2.05, 4.69) is 15.0 Å². The van der Waals surface area contributed by atoms with E-state index in [1.165, 1.54) is 18.4 Å². The van der Waals surface area contributed by atoms with Crippen molar-refractivity contribution in [3.8, 4) is 0 Å². The number of nitrogens with zero attached hydrogens (tertiary/aromatic N) is 1. The molecule has 0 radical (unpaired) electrons. The van der Waals surface area contributed by atoms with E-state index >= 15 is 0 Å². The number of aryl methyl sites for hydroxylation is 1. The monoisotopic (exact) mass is 340 g/mol. The standard InChI is InChI=1S/C18H16N2O3S/c1-23-17(21)10-9-16-20-14-8-7-13(11-15(14)24-16)19-18(22)12-5-3-2-4-6-12/h2-8,11H,9-10H2,1H3,(H,19,22). The van der Waals surface area contributed by atoms with E-state index in [-0.39, 0.29) is 11.9 Å². The fourth-order valence-corrected chi connectivity index (χ4v) is 3.27. The Morgan fingerprint density at radius 1 is 1.17 bits per heavy atom. The highest BCUT2D eigenvalue weighted by Gasteiger charge is 2.09. The Morgan fingerprint density at radius 2 is 1.96 bits per heavy atom. The van der Waals surface area contributed by atoms with Gasteiger partial charge < -0.3 is 10.1 Å². The Hall–Kier alpha value is -2.73. The minimum Gasteiger partial charge on any atom is -0.469 e. The number of nitrogens with one attached hydrogen (secondary N) is 1. The maximum atomic E-state index is 12.2. The first-order valence-electron chi connectivity index (χ1n) is 7.48. The molecule has 1 N–H and O–H groups in total. The first-order valence-corrected chi connectivity index (χ1v) is 8.30. The zero-order chi connectivity index (χ0) is 16.9. The van der Waals surface area contributed by atoms with Gasteiger partial charge in [0.05, 0.1) is 28.8 Å². The second kappa shape index (κ2) is 7.23. The van der Waals surface area contributed by atoms with Gasteiger partial charge in [-0.15, -0.1) is 11.3 Å². The molecular formula is C18H16N2O3S. The second-order valence-corrected chi connectivity index (χ2v) is 6.30. The van der Waals surface area contributed by atoms with Crippen LogP contribution in [0.1, 0.15) is 21.8 Å². The van der Waals surface area contributed by atoms with Crippen molar-refractivity contribution in [3.05, 3.63) is 59.1 Å². The van der Waals surface area contributed by atoms with Crippen LogP contribution in [0.4, 0.5) is 5.69 Å². The predicted molar refractivity (Wildman–Crippen MR) is 94.4 cm³/mol. The number of carbonyl (C=O) groups is 2. The zero-order valence-electron chi connectivity index (χ0n) is 13.1. The molecule has 2 aromatic carbocycles. The van der Waals surface area contributed by atoms with E-state index in [4.69, 9.17) is 0 Å². The molecule has 1 amide bonds. The Morgan fingerprint density at radius 3 is 2.71 bits per heavy atom. The number of anilines is 1. The predicted octanol–water partition coefficient (Wildman–Crippen LogP) is 3.65. The average Bonchev–Trinajstić information content (AvgIpc) is 3.02. The molecule has 0 aliphatic rings. The SMILES string of the molecule is COC(=O)CCc1nc2ccc(NC(=O)c3ccccc3)cc2s1. The van der Waals surface area contributed by atoms with Gasteiger partial charge in [0.1, 0.15) is 0 Å². The molecule has 0 saturated heterocycles. The number of thiazole rings is 1. The van der Waals surface area contributed by atoms with Gasteiger partial charge in [-0.25, -0.2) is 4.98 Å². The van der Waals surface area contributed by atoms with Crippen LogP contribution < -0.4 is 5.32 Å². The van der Waals surface area contributed by atoms with Crippen LogP contribution in [0.3, 0.4) is 0 Å². The normalized spacial score (nSPS) is 10.5. The number of rotatable bonds is 5. The molecule has 0 spiro atoms. The summed E-state index contributed by atoms with van der Waals surface area (Å²) in [5.74, 6) is -0.393. The summed E-state index contributed by atoms with van der Waals surface area (Å²) in [6.45, 7) is 0. The zero-order valence-corrected chi connectivity index (χ0v) is 13.9. The van der Waals surface area contributed by atoms with Gasteiger partial charge in [0.2, 0.25) is 0 Å². The second-order valence-electron chi connectivity index (χ2n) is 5.19. The number of methoxy groups -OCH3 is 1. The molecule has 3 aromatic rings. The highest BCUT2D eigenvalue weighted by molar-refractivity contribution is 7.18. The molecule has 5 nitrogen and oxygen atoms in total. The fourth-order valence-electron chi connectivity index (χ4n) is 2.26. The largest absolute Gasteiger partial charge is 0.469 e. The van der Waals surface area contributed by atoms with Gasteiger partial charge in [0.25, 0.3) is 5.91 Å². The Balaban J connectivity index is 1.74. The van der Waals surface area contributed by atoms with Crippen LogP contribution in [-0.2, 0) is 16.0 Å². The third kappa shape index (κ3) is 3.78. The van der Waals surface area contributed by atoms with Gasteiger partial charge in [0, 0.05) is 17.7 Å². The number of hydrogen-bond acceptors (Lipinski definition) is 5. The number of fused-ring (bicyclic) bond motifs is 1. The molecule has 122 valence electrons. The van der Waals surface area contributed by atoms with Gasteiger partial charge in [0.15, 0.2) is 0 Å². The van der Waals surface area contributed by atoms with Crippen molar-refractivity contribution in [3.63, 3.8) is 0 Å². The molecule has 0 atom stereocenters. The molecule has 0 saturated carbocycles. The molecular weight excluding hydrogens is 324 g/mol.